The molecule has 0 spiro atoms. The van der Waals surface area contributed by atoms with Gasteiger partial charge in [0.25, 0.3) is 5.91 Å². The fourth-order valence-electron chi connectivity index (χ4n) is 2.86. The lowest BCUT2D eigenvalue weighted by molar-refractivity contribution is 0.102. The van der Waals surface area contributed by atoms with Crippen molar-refractivity contribution in [1.82, 2.24) is 15.1 Å². The second-order valence-corrected chi connectivity index (χ2v) is 6.44. The lowest BCUT2D eigenvalue weighted by Gasteiger charge is -2.23. The van der Waals surface area contributed by atoms with Crippen molar-refractivity contribution in [3.8, 4) is 0 Å². The topological polar surface area (TPSA) is 84.2 Å². The number of rotatable bonds is 6. The maximum Gasteiger partial charge on any atom is 0.277 e. The zero-order chi connectivity index (χ0) is 20.1. The number of hydrogen-bond acceptors (Lipinski definition) is 6. The summed E-state index contributed by atoms with van der Waals surface area (Å²) in [7, 11) is 0. The molecule has 29 heavy (non-hydrogen) atoms. The minimum absolute atomic E-state index is 0.196. The van der Waals surface area contributed by atoms with Crippen LogP contribution in [0.4, 0.5) is 17.3 Å². The van der Waals surface area contributed by atoms with Crippen molar-refractivity contribution in [2.24, 2.45) is 0 Å². The van der Waals surface area contributed by atoms with E-state index >= 15 is 0 Å². The molecule has 0 saturated carbocycles. The monoisotopic (exact) mass is 385 g/mol. The fraction of sp³-hybridized carbons (Fsp3) is 0.0909. The molecular weight excluding hydrogens is 366 g/mol. The van der Waals surface area contributed by atoms with E-state index in [-0.39, 0.29) is 5.69 Å². The van der Waals surface area contributed by atoms with Crippen LogP contribution in [-0.4, -0.2) is 21.0 Å². The van der Waals surface area contributed by atoms with Crippen molar-refractivity contribution in [3.63, 3.8) is 0 Å². The zero-order valence-electron chi connectivity index (χ0n) is 15.8. The highest BCUT2D eigenvalue weighted by molar-refractivity contribution is 6.02. The van der Waals surface area contributed by atoms with Crippen LogP contribution < -0.4 is 10.2 Å². The second kappa shape index (κ2) is 8.35. The van der Waals surface area contributed by atoms with Crippen LogP contribution in [0, 0.1) is 6.92 Å². The van der Waals surface area contributed by atoms with Crippen LogP contribution in [0.1, 0.15) is 21.8 Å². The van der Waals surface area contributed by atoms with E-state index in [2.05, 4.69) is 32.6 Å². The first-order valence-electron chi connectivity index (χ1n) is 9.12. The van der Waals surface area contributed by atoms with Crippen LogP contribution in [-0.2, 0) is 6.54 Å². The number of hydrogen-bond donors (Lipinski definition) is 1. The van der Waals surface area contributed by atoms with E-state index in [4.69, 9.17) is 4.52 Å². The standard InChI is InChI=1S/C22H19N5O2/c1-16-12-20(26-29-16)25-22(28)19-13-24-21(14-23-19)27(18-10-6-3-7-11-18)15-17-8-4-2-5-9-17/h2-14H,15H2,1H3,(H,25,26,28). The molecule has 0 atom stereocenters. The number of aromatic nitrogens is 3. The number of carbonyl (C=O) groups excluding carboxylic acids is 1. The van der Waals surface area contributed by atoms with Gasteiger partial charge < -0.3 is 14.7 Å². The molecule has 1 N–H and O–H groups in total. The molecule has 0 saturated heterocycles. The quantitative estimate of drug-likeness (QED) is 0.531. The Labute approximate surface area is 168 Å². The minimum Gasteiger partial charge on any atom is -0.360 e. The van der Waals surface area contributed by atoms with Gasteiger partial charge in [-0.25, -0.2) is 9.97 Å². The van der Waals surface area contributed by atoms with Crippen LogP contribution >= 0.6 is 0 Å². The Kier molecular flexibility index (Phi) is 5.29. The zero-order valence-corrected chi connectivity index (χ0v) is 15.8. The summed E-state index contributed by atoms with van der Waals surface area (Å²) in [4.78, 5) is 23.2. The third-order valence-corrected chi connectivity index (χ3v) is 4.27. The molecule has 0 aliphatic heterocycles. The Balaban J connectivity index is 1.57. The summed E-state index contributed by atoms with van der Waals surface area (Å²) in [6.07, 6.45) is 3.05. The summed E-state index contributed by atoms with van der Waals surface area (Å²) < 4.78 is 4.95. The molecular formula is C22H19N5O2. The largest absolute Gasteiger partial charge is 0.360 e. The second-order valence-electron chi connectivity index (χ2n) is 6.44. The van der Waals surface area contributed by atoms with Gasteiger partial charge in [0.1, 0.15) is 11.5 Å². The number of nitrogens with one attached hydrogen (secondary N) is 1. The molecule has 2 aromatic heterocycles. The summed E-state index contributed by atoms with van der Waals surface area (Å²) in [5.41, 5.74) is 2.32. The molecule has 0 bridgehead atoms. The number of carbonyl (C=O) groups is 1. The molecule has 0 aliphatic carbocycles. The number of anilines is 3. The van der Waals surface area contributed by atoms with Gasteiger partial charge in [0.05, 0.1) is 12.4 Å². The van der Waals surface area contributed by atoms with E-state index < -0.39 is 5.91 Å². The molecule has 0 fully saturated rings. The van der Waals surface area contributed by atoms with E-state index in [0.717, 1.165) is 11.3 Å². The Bertz CT molecular complexity index is 1080. The van der Waals surface area contributed by atoms with E-state index in [1.54, 1.807) is 19.2 Å². The van der Waals surface area contributed by atoms with Gasteiger partial charge in [0.2, 0.25) is 0 Å². The first-order chi connectivity index (χ1) is 14.2. The number of nitrogens with zero attached hydrogens (tertiary/aromatic N) is 4. The van der Waals surface area contributed by atoms with Gasteiger partial charge in [0.15, 0.2) is 11.6 Å². The lowest BCUT2D eigenvalue weighted by Crippen LogP contribution is -2.19. The molecule has 2 aromatic carbocycles. The van der Waals surface area contributed by atoms with Gasteiger partial charge in [-0.15, -0.1) is 0 Å². The Hall–Kier alpha value is -4.00. The van der Waals surface area contributed by atoms with Gasteiger partial charge in [-0.2, -0.15) is 0 Å². The highest BCUT2D eigenvalue weighted by atomic mass is 16.5. The Morgan fingerprint density at radius 1 is 1.00 bits per heavy atom. The molecule has 0 radical (unpaired) electrons. The molecule has 0 unspecified atom stereocenters. The number of amides is 1. The average molecular weight is 385 g/mol. The lowest BCUT2D eigenvalue weighted by atomic mass is 10.2. The first kappa shape index (κ1) is 18.4. The van der Waals surface area contributed by atoms with Crippen molar-refractivity contribution in [2.45, 2.75) is 13.5 Å². The average Bonchev–Trinajstić information content (AvgIpc) is 3.18. The van der Waals surface area contributed by atoms with Gasteiger partial charge in [-0.1, -0.05) is 53.7 Å². The van der Waals surface area contributed by atoms with E-state index in [0.29, 0.717) is 23.9 Å². The smallest absolute Gasteiger partial charge is 0.277 e. The van der Waals surface area contributed by atoms with Crippen molar-refractivity contribution in [1.29, 1.82) is 0 Å². The number of aryl methyl sites for hydroxylation is 1. The van der Waals surface area contributed by atoms with Crippen molar-refractivity contribution in [3.05, 3.63) is 96.1 Å². The summed E-state index contributed by atoms with van der Waals surface area (Å²) >= 11 is 0. The molecule has 7 heteroatoms. The SMILES string of the molecule is Cc1cc(NC(=O)c2cnc(N(Cc3ccccc3)c3ccccc3)cn2)no1. The van der Waals surface area contributed by atoms with Crippen molar-refractivity contribution < 1.29 is 9.32 Å². The van der Waals surface area contributed by atoms with Gasteiger partial charge >= 0.3 is 0 Å². The predicted octanol–water partition coefficient (Wildman–Crippen LogP) is 4.36. The summed E-state index contributed by atoms with van der Waals surface area (Å²) in [6, 6.07) is 21.7. The van der Waals surface area contributed by atoms with Crippen LogP contribution in [0.3, 0.4) is 0 Å². The predicted molar refractivity (Wildman–Crippen MR) is 110 cm³/mol. The fourth-order valence-corrected chi connectivity index (χ4v) is 2.86. The highest BCUT2D eigenvalue weighted by Gasteiger charge is 2.15. The normalized spacial score (nSPS) is 10.5. The molecule has 2 heterocycles. The third kappa shape index (κ3) is 4.47. The molecule has 144 valence electrons. The van der Waals surface area contributed by atoms with Gasteiger partial charge in [-0.3, -0.25) is 4.79 Å². The maximum absolute atomic E-state index is 12.4. The minimum atomic E-state index is -0.397. The summed E-state index contributed by atoms with van der Waals surface area (Å²) in [6.45, 7) is 2.38. The summed E-state index contributed by atoms with van der Waals surface area (Å²) in [5, 5.41) is 6.39. The number of para-hydroxylation sites is 1. The first-order valence-corrected chi connectivity index (χ1v) is 9.12. The van der Waals surface area contributed by atoms with E-state index in [1.807, 2.05) is 53.4 Å². The van der Waals surface area contributed by atoms with Crippen LogP contribution in [0.5, 0.6) is 0 Å². The summed E-state index contributed by atoms with van der Waals surface area (Å²) in [5.74, 6) is 1.20. The molecule has 7 nitrogen and oxygen atoms in total. The van der Waals surface area contributed by atoms with Crippen molar-refractivity contribution >= 4 is 23.2 Å². The Morgan fingerprint density at radius 2 is 1.72 bits per heavy atom. The molecule has 4 aromatic rings. The van der Waals surface area contributed by atoms with Crippen LogP contribution in [0.15, 0.2) is 83.6 Å². The van der Waals surface area contributed by atoms with E-state index in [1.165, 1.54) is 6.20 Å². The van der Waals surface area contributed by atoms with Gasteiger partial charge in [-0.05, 0) is 24.6 Å². The molecule has 4 rings (SSSR count). The highest BCUT2D eigenvalue weighted by Crippen LogP contribution is 2.25. The molecule has 1 amide bonds. The van der Waals surface area contributed by atoms with E-state index in [9.17, 15) is 4.79 Å². The Morgan fingerprint density at radius 3 is 2.34 bits per heavy atom. The maximum atomic E-state index is 12.4. The van der Waals surface area contributed by atoms with Gasteiger partial charge in [0, 0.05) is 18.3 Å². The van der Waals surface area contributed by atoms with Crippen molar-refractivity contribution in [2.75, 3.05) is 10.2 Å². The van der Waals surface area contributed by atoms with Crippen LogP contribution in [0.2, 0.25) is 0 Å². The van der Waals surface area contributed by atoms with Crippen LogP contribution in [0.25, 0.3) is 0 Å². The third-order valence-electron chi connectivity index (χ3n) is 4.27. The molecule has 0 aliphatic rings. The number of benzene rings is 2.